The van der Waals surface area contributed by atoms with Gasteiger partial charge in [0.15, 0.2) is 0 Å². The first-order valence-electron chi connectivity index (χ1n) is 4.09. The van der Waals surface area contributed by atoms with Gasteiger partial charge in [-0.25, -0.2) is 8.78 Å². The van der Waals surface area contributed by atoms with Crippen molar-refractivity contribution in [2.45, 2.75) is 19.3 Å². The van der Waals surface area contributed by atoms with Crippen molar-refractivity contribution in [2.24, 2.45) is 0 Å². The summed E-state index contributed by atoms with van der Waals surface area (Å²) in [5.41, 5.74) is -1.43. The van der Waals surface area contributed by atoms with Crippen LogP contribution in [-0.2, 0) is 5.41 Å². The van der Waals surface area contributed by atoms with Crippen LogP contribution in [0.1, 0.15) is 19.4 Å². The fraction of sp³-hybridized carbons (Fsp3) is 0.300. The molecular formula is C10H8BrF2NO. The number of hydrogen-bond acceptors (Lipinski definition) is 2. The Morgan fingerprint density at radius 3 is 2.47 bits per heavy atom. The molecule has 1 aromatic carbocycles. The van der Waals surface area contributed by atoms with Crippen molar-refractivity contribution < 1.29 is 13.9 Å². The Kier molecular flexibility index (Phi) is 3.00. The second-order valence-electron chi connectivity index (χ2n) is 3.62. The van der Waals surface area contributed by atoms with E-state index in [1.54, 1.807) is 0 Å². The van der Waals surface area contributed by atoms with Crippen molar-refractivity contribution in [1.29, 1.82) is 5.26 Å². The third-order valence-corrected chi connectivity index (χ3v) is 2.77. The summed E-state index contributed by atoms with van der Waals surface area (Å²) in [4.78, 5) is 0. The maximum Gasteiger partial charge on any atom is 0.148 e. The van der Waals surface area contributed by atoms with Gasteiger partial charge in [0.1, 0.15) is 17.4 Å². The van der Waals surface area contributed by atoms with Crippen LogP contribution in [0.15, 0.2) is 10.5 Å². The molecule has 0 fully saturated rings. The highest BCUT2D eigenvalue weighted by atomic mass is 79.9. The number of rotatable bonds is 1. The van der Waals surface area contributed by atoms with Crippen LogP contribution in [0.5, 0.6) is 5.75 Å². The highest BCUT2D eigenvalue weighted by Crippen LogP contribution is 2.37. The number of hydrogen-bond donors (Lipinski definition) is 1. The molecule has 15 heavy (non-hydrogen) atoms. The average Bonchev–Trinajstić information content (AvgIpc) is 2.14. The van der Waals surface area contributed by atoms with E-state index in [1.165, 1.54) is 13.8 Å². The number of phenols is 1. The van der Waals surface area contributed by atoms with Crippen LogP contribution in [0.3, 0.4) is 0 Å². The van der Waals surface area contributed by atoms with E-state index in [1.807, 2.05) is 6.07 Å². The van der Waals surface area contributed by atoms with E-state index in [-0.39, 0.29) is 10.0 Å². The first kappa shape index (κ1) is 11.9. The van der Waals surface area contributed by atoms with Crippen molar-refractivity contribution in [1.82, 2.24) is 0 Å². The van der Waals surface area contributed by atoms with E-state index < -0.39 is 22.8 Å². The standard InChI is InChI=1S/C10H8BrF2NO/c1-10(2,4-14)7-6(15)3-5(12)8(11)9(7)13/h3,15H,1-2H3. The minimum atomic E-state index is -1.22. The summed E-state index contributed by atoms with van der Waals surface area (Å²) in [6, 6.07) is 2.62. The fourth-order valence-electron chi connectivity index (χ4n) is 1.23. The van der Waals surface area contributed by atoms with Crippen LogP contribution in [0.4, 0.5) is 8.78 Å². The monoisotopic (exact) mass is 275 g/mol. The van der Waals surface area contributed by atoms with Crippen molar-refractivity contribution in [3.8, 4) is 11.8 Å². The summed E-state index contributed by atoms with van der Waals surface area (Å²) >= 11 is 2.72. The molecule has 0 saturated heterocycles. The molecule has 0 amide bonds. The average molecular weight is 276 g/mol. The molecule has 1 rings (SSSR count). The smallest absolute Gasteiger partial charge is 0.148 e. The minimum Gasteiger partial charge on any atom is -0.507 e. The first-order valence-corrected chi connectivity index (χ1v) is 4.88. The molecule has 5 heteroatoms. The zero-order chi connectivity index (χ0) is 11.8. The minimum absolute atomic E-state index is 0.210. The number of benzene rings is 1. The molecule has 2 nitrogen and oxygen atoms in total. The van der Waals surface area contributed by atoms with E-state index in [0.717, 1.165) is 6.07 Å². The van der Waals surface area contributed by atoms with Crippen LogP contribution in [0.2, 0.25) is 0 Å². The fourth-order valence-corrected chi connectivity index (χ4v) is 1.55. The highest BCUT2D eigenvalue weighted by molar-refractivity contribution is 9.10. The topological polar surface area (TPSA) is 44.0 Å². The van der Waals surface area contributed by atoms with Crippen molar-refractivity contribution >= 4 is 15.9 Å². The summed E-state index contributed by atoms with van der Waals surface area (Å²) in [5, 5.41) is 18.2. The Morgan fingerprint density at radius 1 is 1.47 bits per heavy atom. The quantitative estimate of drug-likeness (QED) is 0.800. The summed E-state index contributed by atoms with van der Waals surface area (Å²) in [5.74, 6) is -2.40. The largest absolute Gasteiger partial charge is 0.507 e. The number of halogens is 3. The Morgan fingerprint density at radius 2 is 2.00 bits per heavy atom. The van der Waals surface area contributed by atoms with Gasteiger partial charge in [-0.2, -0.15) is 5.26 Å². The molecule has 0 aromatic heterocycles. The first-order chi connectivity index (χ1) is 6.81. The predicted octanol–water partition coefficient (Wildman–Crippen LogP) is 3.23. The van der Waals surface area contributed by atoms with Gasteiger partial charge < -0.3 is 5.11 Å². The number of phenolic OH excluding ortho intramolecular Hbond substituents is 1. The zero-order valence-electron chi connectivity index (χ0n) is 8.11. The second-order valence-corrected chi connectivity index (χ2v) is 4.41. The van der Waals surface area contributed by atoms with Crippen molar-refractivity contribution in [2.75, 3.05) is 0 Å². The second kappa shape index (κ2) is 3.78. The van der Waals surface area contributed by atoms with E-state index in [9.17, 15) is 13.9 Å². The Hall–Kier alpha value is -1.15. The van der Waals surface area contributed by atoms with E-state index in [0.29, 0.717) is 0 Å². The van der Waals surface area contributed by atoms with Gasteiger partial charge in [-0.3, -0.25) is 0 Å². The van der Waals surface area contributed by atoms with Gasteiger partial charge in [-0.05, 0) is 29.8 Å². The summed E-state index contributed by atoms with van der Waals surface area (Å²) < 4.78 is 26.2. The van der Waals surface area contributed by atoms with E-state index >= 15 is 0 Å². The molecule has 0 bridgehead atoms. The van der Waals surface area contributed by atoms with Crippen LogP contribution in [0, 0.1) is 23.0 Å². The molecule has 0 aliphatic rings. The van der Waals surface area contributed by atoms with Crippen LogP contribution >= 0.6 is 15.9 Å². The van der Waals surface area contributed by atoms with E-state index in [4.69, 9.17) is 5.26 Å². The lowest BCUT2D eigenvalue weighted by atomic mass is 9.85. The molecule has 0 aliphatic heterocycles. The molecule has 0 spiro atoms. The molecule has 0 atom stereocenters. The zero-order valence-corrected chi connectivity index (χ0v) is 9.69. The molecule has 1 N–H and O–H groups in total. The lowest BCUT2D eigenvalue weighted by Gasteiger charge is -2.18. The molecule has 0 aliphatic carbocycles. The van der Waals surface area contributed by atoms with Gasteiger partial charge >= 0.3 is 0 Å². The third kappa shape index (κ3) is 1.95. The van der Waals surface area contributed by atoms with Crippen LogP contribution in [0.25, 0.3) is 0 Å². The Bertz CT molecular complexity index is 452. The van der Waals surface area contributed by atoms with Gasteiger partial charge in [0.05, 0.1) is 21.5 Å². The molecule has 80 valence electrons. The summed E-state index contributed by atoms with van der Waals surface area (Å²) in [7, 11) is 0. The molecule has 1 aromatic rings. The SMILES string of the molecule is CC(C)(C#N)c1c(O)cc(F)c(Br)c1F. The maximum atomic E-state index is 13.6. The number of aromatic hydroxyl groups is 1. The molecule has 0 unspecified atom stereocenters. The van der Waals surface area contributed by atoms with Crippen LogP contribution in [-0.4, -0.2) is 5.11 Å². The molecule has 0 radical (unpaired) electrons. The maximum absolute atomic E-state index is 13.6. The van der Waals surface area contributed by atoms with E-state index in [2.05, 4.69) is 15.9 Å². The molecular weight excluding hydrogens is 268 g/mol. The highest BCUT2D eigenvalue weighted by Gasteiger charge is 2.30. The van der Waals surface area contributed by atoms with Gasteiger partial charge in [0.25, 0.3) is 0 Å². The van der Waals surface area contributed by atoms with Gasteiger partial charge in [0.2, 0.25) is 0 Å². The predicted molar refractivity (Wildman–Crippen MR) is 54.4 cm³/mol. The van der Waals surface area contributed by atoms with Gasteiger partial charge in [0, 0.05) is 6.07 Å². The normalized spacial score (nSPS) is 11.2. The van der Waals surface area contributed by atoms with Crippen LogP contribution < -0.4 is 0 Å². The summed E-state index contributed by atoms with van der Waals surface area (Å²) in [6.45, 7) is 2.88. The number of nitrogens with zero attached hydrogens (tertiary/aromatic N) is 1. The molecule has 0 heterocycles. The van der Waals surface area contributed by atoms with Crippen molar-refractivity contribution in [3.05, 3.63) is 27.7 Å². The lowest BCUT2D eigenvalue weighted by Crippen LogP contribution is -2.17. The van der Waals surface area contributed by atoms with Gasteiger partial charge in [-0.1, -0.05) is 0 Å². The third-order valence-electron chi connectivity index (χ3n) is 2.05. The summed E-state index contributed by atoms with van der Waals surface area (Å²) in [6.07, 6.45) is 0. The lowest BCUT2D eigenvalue weighted by molar-refractivity contribution is 0.431. The Balaban J connectivity index is 3.58. The van der Waals surface area contributed by atoms with Gasteiger partial charge in [-0.15, -0.1) is 0 Å². The number of nitriles is 1. The van der Waals surface area contributed by atoms with Crippen molar-refractivity contribution in [3.63, 3.8) is 0 Å². The Labute approximate surface area is 94.3 Å². The molecule has 0 saturated carbocycles.